The second-order valence-electron chi connectivity index (χ2n) is 19.5. The summed E-state index contributed by atoms with van der Waals surface area (Å²) in [5.41, 5.74) is -3.13. The molecule has 7 nitrogen and oxygen atoms in total. The normalized spacial score (nSPS) is 37.2. The highest BCUT2D eigenvalue weighted by Gasteiger charge is 2.78. The monoisotopic (exact) mass is 756 g/mol. The van der Waals surface area contributed by atoms with Crippen LogP contribution in [0.5, 0.6) is 0 Å². The van der Waals surface area contributed by atoms with Gasteiger partial charge in [-0.1, -0.05) is 95.0 Å². The second-order valence-corrected chi connectivity index (χ2v) is 19.5. The first kappa shape index (κ1) is 40.5. The molecule has 2 heterocycles. The van der Waals surface area contributed by atoms with Crippen LogP contribution >= 0.6 is 0 Å². The lowest BCUT2D eigenvalue weighted by molar-refractivity contribution is -0.339. The number of ether oxygens (including phenoxy) is 2. The molecular formula is C48H68O7. The van der Waals surface area contributed by atoms with E-state index in [0.29, 0.717) is 43.9 Å². The van der Waals surface area contributed by atoms with Crippen LogP contribution in [0.1, 0.15) is 155 Å². The average Bonchev–Trinajstić information content (AvgIpc) is 3.62. The van der Waals surface area contributed by atoms with Gasteiger partial charge in [0, 0.05) is 24.8 Å². The Hall–Kier alpha value is -2.66. The van der Waals surface area contributed by atoms with E-state index in [-0.39, 0.29) is 25.0 Å². The summed E-state index contributed by atoms with van der Waals surface area (Å²) in [7, 11) is 0. The Bertz CT molecular complexity index is 1610. The van der Waals surface area contributed by atoms with Gasteiger partial charge in [-0.05, 0) is 112 Å². The maximum atomic E-state index is 14.7. The molecule has 6 aliphatic rings. The van der Waals surface area contributed by atoms with Crippen LogP contribution in [0, 0.1) is 51.3 Å². The third-order valence-corrected chi connectivity index (χ3v) is 16.2. The number of aryl methyl sites for hydroxylation is 1. The van der Waals surface area contributed by atoms with Crippen molar-refractivity contribution < 1.29 is 34.4 Å². The van der Waals surface area contributed by atoms with E-state index >= 15 is 0 Å². The van der Waals surface area contributed by atoms with Crippen LogP contribution in [0.3, 0.4) is 0 Å². The van der Waals surface area contributed by atoms with Crippen molar-refractivity contribution in [2.24, 2.45) is 39.4 Å². The number of cyclic esters (lactones) is 1. The zero-order chi connectivity index (χ0) is 38.9. The molecule has 1 spiro atoms. The summed E-state index contributed by atoms with van der Waals surface area (Å²) in [6.45, 7) is 6.77. The Morgan fingerprint density at radius 1 is 0.909 bits per heavy atom. The number of hydrogen-bond acceptors (Lipinski definition) is 7. The summed E-state index contributed by atoms with van der Waals surface area (Å²) in [5.74, 6) is 6.71. The van der Waals surface area contributed by atoms with Crippen LogP contribution in [0.25, 0.3) is 0 Å². The molecule has 9 unspecified atom stereocenters. The third-order valence-electron chi connectivity index (χ3n) is 16.2. The van der Waals surface area contributed by atoms with Crippen LogP contribution < -0.4 is 0 Å². The Kier molecular flexibility index (Phi) is 12.0. The van der Waals surface area contributed by atoms with Crippen molar-refractivity contribution in [1.29, 1.82) is 0 Å². The SMILES string of the molecule is CC(CCCc1ccccc1)CCC(O)C12C(O)CCC(C)(C3CCCCC3)C1C1CC(C)(C#CCC3(CCCCC3)C(=O)O1)C2(O)CCC1=CC(=O)OC1. The van der Waals surface area contributed by atoms with Gasteiger partial charge in [0.05, 0.1) is 34.1 Å². The molecule has 7 rings (SSSR count). The molecule has 0 saturated heterocycles. The fourth-order valence-corrected chi connectivity index (χ4v) is 13.1. The minimum Gasteiger partial charge on any atom is -0.462 e. The highest BCUT2D eigenvalue weighted by Crippen LogP contribution is 2.72. The molecule has 4 aliphatic carbocycles. The Morgan fingerprint density at radius 2 is 1.64 bits per heavy atom. The molecule has 7 heteroatoms. The number of carbonyl (C=O) groups excluding carboxylic acids is 2. The molecule has 2 aliphatic heterocycles. The first-order chi connectivity index (χ1) is 26.4. The molecule has 55 heavy (non-hydrogen) atoms. The van der Waals surface area contributed by atoms with Crippen LogP contribution in [-0.2, 0) is 25.5 Å². The molecule has 0 aromatic heterocycles. The van der Waals surface area contributed by atoms with E-state index in [0.717, 1.165) is 95.5 Å². The van der Waals surface area contributed by atoms with Crippen molar-refractivity contribution >= 4 is 11.9 Å². The van der Waals surface area contributed by atoms with Gasteiger partial charge in [0.2, 0.25) is 0 Å². The summed E-state index contributed by atoms with van der Waals surface area (Å²) < 4.78 is 12.3. The lowest BCUT2D eigenvalue weighted by Crippen LogP contribution is -2.79. The third kappa shape index (κ3) is 7.36. The zero-order valence-electron chi connectivity index (χ0n) is 34.0. The maximum absolute atomic E-state index is 14.7. The van der Waals surface area contributed by atoms with Crippen molar-refractivity contribution in [3.8, 4) is 11.8 Å². The predicted octanol–water partition coefficient (Wildman–Crippen LogP) is 8.80. The Labute approximate surface area is 330 Å². The molecule has 3 N–H and O–H groups in total. The van der Waals surface area contributed by atoms with Crippen LogP contribution in [0.15, 0.2) is 42.0 Å². The Balaban J connectivity index is 1.32. The Morgan fingerprint density at radius 3 is 2.35 bits per heavy atom. The highest BCUT2D eigenvalue weighted by atomic mass is 16.5. The number of carbonyl (C=O) groups is 2. The molecule has 9 atom stereocenters. The van der Waals surface area contributed by atoms with Gasteiger partial charge in [0.1, 0.15) is 12.7 Å². The van der Waals surface area contributed by atoms with Crippen molar-refractivity contribution in [1.82, 2.24) is 0 Å². The van der Waals surface area contributed by atoms with E-state index in [1.165, 1.54) is 18.1 Å². The molecule has 1 aromatic rings. The van der Waals surface area contributed by atoms with E-state index in [2.05, 4.69) is 50.0 Å². The molecule has 1 aromatic carbocycles. The van der Waals surface area contributed by atoms with Crippen LogP contribution in [0.4, 0.5) is 0 Å². The number of rotatable bonds is 12. The number of esters is 2. The molecule has 0 radical (unpaired) electrons. The lowest BCUT2D eigenvalue weighted by Gasteiger charge is -2.72. The lowest BCUT2D eigenvalue weighted by atomic mass is 9.35. The fraction of sp³-hybridized carbons (Fsp3) is 0.750. The van der Waals surface area contributed by atoms with E-state index in [1.807, 2.05) is 13.0 Å². The van der Waals surface area contributed by atoms with E-state index < -0.39 is 51.5 Å². The van der Waals surface area contributed by atoms with Gasteiger partial charge in [-0.25, -0.2) is 4.79 Å². The molecule has 2 bridgehead atoms. The molecule has 4 saturated carbocycles. The highest BCUT2D eigenvalue weighted by molar-refractivity contribution is 5.85. The van der Waals surface area contributed by atoms with E-state index in [9.17, 15) is 24.9 Å². The minimum absolute atomic E-state index is 0.172. The number of fused-ring (bicyclic) bond motifs is 4. The number of hydrogen-bond donors (Lipinski definition) is 3. The smallest absolute Gasteiger partial charge is 0.331 e. The first-order valence-corrected chi connectivity index (χ1v) is 22.1. The van der Waals surface area contributed by atoms with Crippen molar-refractivity contribution in [3.63, 3.8) is 0 Å². The quantitative estimate of drug-likeness (QED) is 0.144. The number of benzene rings is 1. The fourth-order valence-electron chi connectivity index (χ4n) is 13.1. The van der Waals surface area contributed by atoms with E-state index in [4.69, 9.17) is 9.47 Å². The number of aliphatic hydroxyl groups is 3. The van der Waals surface area contributed by atoms with E-state index in [1.54, 1.807) is 0 Å². The second kappa shape index (κ2) is 16.3. The van der Waals surface area contributed by atoms with Gasteiger partial charge in [-0.3, -0.25) is 4.79 Å². The van der Waals surface area contributed by atoms with Gasteiger partial charge in [-0.15, -0.1) is 5.92 Å². The zero-order valence-corrected chi connectivity index (χ0v) is 34.0. The molecule has 4 fully saturated rings. The minimum atomic E-state index is -1.66. The summed E-state index contributed by atoms with van der Waals surface area (Å²) in [4.78, 5) is 26.9. The summed E-state index contributed by atoms with van der Waals surface area (Å²) in [6.07, 6.45) is 15.7. The standard InChI is InChI=1S/C48H68O7/c1-34(15-13-18-35-16-7-4-8-17-35)21-22-39(49)48-40(50)24-29-45(3,37-19-9-5-10-20-37)42(48)38-32-44(2,47(48,53)30-23-36-31-41(51)54-33-36)25-14-28-46(43(52)55-38)26-11-6-12-27-46/h4,7-8,16-17,31,34,37-40,42,49-50,53H,5-6,9-13,15,18-24,26-30,32-33H2,1-3H3. The molecular weight excluding hydrogens is 689 g/mol. The first-order valence-electron chi connectivity index (χ1n) is 22.1. The van der Waals surface area contributed by atoms with Gasteiger partial charge >= 0.3 is 11.9 Å². The van der Waals surface area contributed by atoms with Crippen molar-refractivity contribution in [2.45, 2.75) is 180 Å². The van der Waals surface area contributed by atoms with Crippen LogP contribution in [0.2, 0.25) is 0 Å². The largest absolute Gasteiger partial charge is 0.462 e. The maximum Gasteiger partial charge on any atom is 0.331 e. The van der Waals surface area contributed by atoms with Gasteiger partial charge < -0.3 is 24.8 Å². The summed E-state index contributed by atoms with van der Waals surface area (Å²) in [6, 6.07) is 10.6. The topological polar surface area (TPSA) is 113 Å². The van der Waals surface area contributed by atoms with Gasteiger partial charge in [0.15, 0.2) is 0 Å². The van der Waals surface area contributed by atoms with Crippen molar-refractivity contribution in [2.75, 3.05) is 6.61 Å². The molecule has 302 valence electrons. The van der Waals surface area contributed by atoms with Gasteiger partial charge in [0.25, 0.3) is 0 Å². The van der Waals surface area contributed by atoms with Gasteiger partial charge in [-0.2, -0.15) is 0 Å². The predicted molar refractivity (Wildman–Crippen MR) is 213 cm³/mol. The average molecular weight is 757 g/mol. The summed E-state index contributed by atoms with van der Waals surface area (Å²) in [5, 5.41) is 40.1. The molecule has 0 amide bonds. The summed E-state index contributed by atoms with van der Waals surface area (Å²) >= 11 is 0. The van der Waals surface area contributed by atoms with Crippen LogP contribution in [-0.4, -0.2) is 57.8 Å². The number of aliphatic hydroxyl groups excluding tert-OH is 2. The van der Waals surface area contributed by atoms with Crippen molar-refractivity contribution in [3.05, 3.63) is 47.5 Å².